The first-order valence-electron chi connectivity index (χ1n) is 8.27. The van der Waals surface area contributed by atoms with Crippen LogP contribution in [-0.4, -0.2) is 45.7 Å². The fourth-order valence-electron chi connectivity index (χ4n) is 2.85. The summed E-state index contributed by atoms with van der Waals surface area (Å²) in [5.41, 5.74) is 1.26. The van der Waals surface area contributed by atoms with Crippen molar-refractivity contribution in [3.05, 3.63) is 59.1 Å². The van der Waals surface area contributed by atoms with Crippen molar-refractivity contribution in [3.8, 4) is 5.75 Å². The maximum absolute atomic E-state index is 12.9. The molecule has 2 aromatic rings. The topological polar surface area (TPSA) is 66.9 Å². The quantitative estimate of drug-likeness (QED) is 0.703. The summed E-state index contributed by atoms with van der Waals surface area (Å²) in [6.45, 7) is 1.94. The molecule has 2 rings (SSSR count). The summed E-state index contributed by atoms with van der Waals surface area (Å²) < 4.78 is 31.0. The average molecular weight is 411 g/mol. The third kappa shape index (κ3) is 5.14. The van der Waals surface area contributed by atoms with Crippen molar-refractivity contribution < 1.29 is 17.9 Å². The van der Waals surface area contributed by atoms with Gasteiger partial charge in [-0.25, -0.2) is 8.42 Å². The average Bonchev–Trinajstić information content (AvgIpc) is 2.61. The van der Waals surface area contributed by atoms with E-state index in [-0.39, 0.29) is 10.9 Å². The molecule has 2 aromatic carbocycles. The molecule has 146 valence electrons. The van der Waals surface area contributed by atoms with Crippen molar-refractivity contribution in [1.29, 1.82) is 0 Å². The third-order valence-corrected chi connectivity index (χ3v) is 5.63. The predicted molar refractivity (Wildman–Crippen MR) is 108 cm³/mol. The van der Waals surface area contributed by atoms with E-state index in [1.165, 1.54) is 18.1 Å². The number of carbonyl (C=O) groups is 1. The molecule has 0 spiro atoms. The lowest BCUT2D eigenvalue weighted by Crippen LogP contribution is -2.48. The first-order chi connectivity index (χ1) is 12.6. The summed E-state index contributed by atoms with van der Waals surface area (Å²) >= 11 is 6.14. The Balaban J connectivity index is 2.30. The number of anilines is 1. The molecular weight excluding hydrogens is 388 g/mol. The molecule has 0 radical (unpaired) electrons. The van der Waals surface area contributed by atoms with Crippen LogP contribution in [0, 0.1) is 0 Å². The minimum absolute atomic E-state index is 0.265. The van der Waals surface area contributed by atoms with Crippen LogP contribution in [0.5, 0.6) is 5.75 Å². The van der Waals surface area contributed by atoms with Crippen LogP contribution < -0.4 is 9.04 Å². The van der Waals surface area contributed by atoms with Gasteiger partial charge in [0.05, 0.1) is 24.1 Å². The minimum atomic E-state index is -3.72. The molecule has 0 aliphatic heterocycles. The molecule has 6 nitrogen and oxygen atoms in total. The molecule has 1 atom stereocenters. The molecule has 0 aromatic heterocycles. The summed E-state index contributed by atoms with van der Waals surface area (Å²) in [4.78, 5) is 14.4. The zero-order chi connectivity index (χ0) is 20.2. The van der Waals surface area contributed by atoms with Crippen molar-refractivity contribution in [2.75, 3.05) is 24.7 Å². The minimum Gasteiger partial charge on any atom is -0.495 e. The van der Waals surface area contributed by atoms with E-state index in [0.29, 0.717) is 18.0 Å². The Bertz CT molecular complexity index is 903. The van der Waals surface area contributed by atoms with Crippen LogP contribution in [-0.2, 0) is 21.4 Å². The largest absolute Gasteiger partial charge is 0.495 e. The van der Waals surface area contributed by atoms with Gasteiger partial charge in [-0.15, -0.1) is 0 Å². The lowest BCUT2D eigenvalue weighted by atomic mass is 10.2. The van der Waals surface area contributed by atoms with Crippen LogP contribution >= 0.6 is 11.6 Å². The Kier molecular flexibility index (Phi) is 6.73. The van der Waals surface area contributed by atoms with E-state index in [4.69, 9.17) is 16.3 Å². The van der Waals surface area contributed by atoms with E-state index in [0.717, 1.165) is 16.1 Å². The van der Waals surface area contributed by atoms with Gasteiger partial charge in [0.25, 0.3) is 0 Å². The van der Waals surface area contributed by atoms with Gasteiger partial charge in [0.15, 0.2) is 0 Å². The summed E-state index contributed by atoms with van der Waals surface area (Å²) in [5.74, 6) is 0.102. The van der Waals surface area contributed by atoms with Crippen molar-refractivity contribution in [2.24, 2.45) is 0 Å². The summed E-state index contributed by atoms with van der Waals surface area (Å²) in [6.07, 6.45) is 1.06. The smallest absolute Gasteiger partial charge is 0.246 e. The normalized spacial score (nSPS) is 12.3. The molecule has 0 saturated heterocycles. The predicted octanol–water partition coefficient (Wildman–Crippen LogP) is 3.16. The van der Waals surface area contributed by atoms with Crippen molar-refractivity contribution in [3.63, 3.8) is 0 Å². The van der Waals surface area contributed by atoms with E-state index in [2.05, 4.69) is 0 Å². The molecular formula is C19H23ClN2O4S. The van der Waals surface area contributed by atoms with Crippen LogP contribution in [0.15, 0.2) is 48.5 Å². The Morgan fingerprint density at radius 2 is 1.81 bits per heavy atom. The van der Waals surface area contributed by atoms with Crippen LogP contribution in [0.4, 0.5) is 5.69 Å². The van der Waals surface area contributed by atoms with Crippen LogP contribution in [0.25, 0.3) is 0 Å². The third-order valence-electron chi connectivity index (χ3n) is 4.10. The number of carbonyl (C=O) groups excluding carboxylic acids is 1. The lowest BCUT2D eigenvalue weighted by Gasteiger charge is -2.31. The fourth-order valence-corrected chi connectivity index (χ4v) is 4.26. The molecule has 27 heavy (non-hydrogen) atoms. The summed E-state index contributed by atoms with van der Waals surface area (Å²) in [7, 11) is -0.600. The number of benzene rings is 2. The Morgan fingerprint density at radius 1 is 1.19 bits per heavy atom. The summed E-state index contributed by atoms with van der Waals surface area (Å²) in [5, 5.41) is 0.265. The first kappa shape index (κ1) is 21.1. The Hall–Kier alpha value is -2.25. The van der Waals surface area contributed by atoms with E-state index < -0.39 is 16.1 Å². The Morgan fingerprint density at radius 3 is 2.33 bits per heavy atom. The number of amides is 1. The molecule has 0 heterocycles. The van der Waals surface area contributed by atoms with E-state index in [1.807, 2.05) is 30.3 Å². The van der Waals surface area contributed by atoms with Gasteiger partial charge in [-0.2, -0.15) is 0 Å². The van der Waals surface area contributed by atoms with Gasteiger partial charge < -0.3 is 9.64 Å². The maximum atomic E-state index is 12.9. The molecule has 1 amide bonds. The Labute approximate surface area is 165 Å². The van der Waals surface area contributed by atoms with Gasteiger partial charge in [0.2, 0.25) is 15.9 Å². The van der Waals surface area contributed by atoms with Crippen LogP contribution in [0.2, 0.25) is 5.02 Å². The maximum Gasteiger partial charge on any atom is 0.246 e. The van der Waals surface area contributed by atoms with Crippen LogP contribution in [0.3, 0.4) is 0 Å². The first-order valence-corrected chi connectivity index (χ1v) is 10.5. The molecule has 0 bridgehead atoms. The van der Waals surface area contributed by atoms with E-state index in [9.17, 15) is 13.2 Å². The highest BCUT2D eigenvalue weighted by Crippen LogP contribution is 2.31. The standard InChI is InChI=1S/C19H23ClN2O4S/c1-14(19(23)21(2)13-15-8-6-5-7-9-15)22(27(4,24)25)16-10-11-18(26-3)17(20)12-16/h5-12,14H,13H2,1-4H3/t14-/m0/s1. The van der Waals surface area contributed by atoms with Crippen molar-refractivity contribution in [1.82, 2.24) is 4.90 Å². The monoisotopic (exact) mass is 410 g/mol. The number of halogens is 1. The SMILES string of the molecule is COc1ccc(N([C@@H](C)C(=O)N(C)Cc2ccccc2)S(C)(=O)=O)cc1Cl. The zero-order valence-corrected chi connectivity index (χ0v) is 17.3. The molecule has 0 saturated carbocycles. The lowest BCUT2D eigenvalue weighted by molar-refractivity contribution is -0.131. The zero-order valence-electron chi connectivity index (χ0n) is 15.7. The number of sulfonamides is 1. The number of nitrogens with zero attached hydrogens (tertiary/aromatic N) is 2. The van der Waals surface area contributed by atoms with Gasteiger partial charge in [0, 0.05) is 13.6 Å². The van der Waals surface area contributed by atoms with Gasteiger partial charge in [-0.3, -0.25) is 9.10 Å². The number of ether oxygens (including phenoxy) is 1. The molecule has 0 aliphatic carbocycles. The fraction of sp³-hybridized carbons (Fsp3) is 0.316. The highest BCUT2D eigenvalue weighted by molar-refractivity contribution is 7.92. The highest BCUT2D eigenvalue weighted by Gasteiger charge is 2.31. The highest BCUT2D eigenvalue weighted by atomic mass is 35.5. The molecule has 0 aliphatic rings. The van der Waals surface area contributed by atoms with Crippen molar-refractivity contribution >= 4 is 33.2 Å². The second kappa shape index (κ2) is 8.63. The van der Waals surface area contributed by atoms with Crippen molar-refractivity contribution in [2.45, 2.75) is 19.5 Å². The number of likely N-dealkylation sites (N-methyl/N-ethyl adjacent to an activating group) is 1. The van der Waals surface area contributed by atoms with E-state index >= 15 is 0 Å². The number of methoxy groups -OCH3 is 1. The second-order valence-electron chi connectivity index (χ2n) is 6.23. The van der Waals surface area contributed by atoms with Crippen LogP contribution in [0.1, 0.15) is 12.5 Å². The molecule has 0 unspecified atom stereocenters. The van der Waals surface area contributed by atoms with Gasteiger partial charge >= 0.3 is 0 Å². The number of rotatable bonds is 7. The number of hydrogen-bond acceptors (Lipinski definition) is 4. The second-order valence-corrected chi connectivity index (χ2v) is 8.50. The van der Waals surface area contributed by atoms with Gasteiger partial charge in [-0.1, -0.05) is 41.9 Å². The summed E-state index contributed by atoms with van der Waals surface area (Å²) in [6, 6.07) is 13.2. The van der Waals surface area contributed by atoms with Gasteiger partial charge in [-0.05, 0) is 30.7 Å². The molecule has 8 heteroatoms. The van der Waals surface area contributed by atoms with E-state index in [1.54, 1.807) is 26.1 Å². The van der Waals surface area contributed by atoms with Gasteiger partial charge in [0.1, 0.15) is 11.8 Å². The number of hydrogen-bond donors (Lipinski definition) is 0. The molecule has 0 N–H and O–H groups in total. The molecule has 0 fully saturated rings.